The summed E-state index contributed by atoms with van der Waals surface area (Å²) in [5, 5.41) is 15.3. The van der Waals surface area contributed by atoms with Crippen molar-refractivity contribution in [1.82, 2.24) is 19.9 Å². The molecule has 0 unspecified atom stereocenters. The van der Waals surface area contributed by atoms with E-state index in [2.05, 4.69) is 103 Å². The van der Waals surface area contributed by atoms with Gasteiger partial charge < -0.3 is 5.32 Å². The van der Waals surface area contributed by atoms with Gasteiger partial charge in [-0.15, -0.1) is 0 Å². The standard InChI is InChI=1S/C52H38N6/c1-52(2)44-31-37(36-17-11-18-38(30-36)48(53)47-41-19-10-9-12-33(41)22-25-46(47)55-40-26-28-54-29-27-40)20-23-42(44)43-24-21-39(32-45(43)52)51-57-49(34-13-5-3-6-14-34)56-50(58-51)35-15-7-4-8-16-35/h3-32,53H,1-2H3,(H,54,55). The zero-order chi connectivity index (χ0) is 39.2. The van der Waals surface area contributed by atoms with Gasteiger partial charge in [0.2, 0.25) is 0 Å². The molecule has 0 saturated carbocycles. The van der Waals surface area contributed by atoms with Gasteiger partial charge in [0.1, 0.15) is 0 Å². The van der Waals surface area contributed by atoms with Crippen molar-refractivity contribution in [2.45, 2.75) is 19.3 Å². The molecule has 1 aliphatic rings. The molecule has 6 nitrogen and oxygen atoms in total. The summed E-state index contributed by atoms with van der Waals surface area (Å²) in [7, 11) is 0. The lowest BCUT2D eigenvalue weighted by atomic mass is 9.81. The van der Waals surface area contributed by atoms with Crippen LogP contribution in [0.5, 0.6) is 0 Å². The molecule has 0 amide bonds. The van der Waals surface area contributed by atoms with Crippen LogP contribution in [-0.4, -0.2) is 25.6 Å². The van der Waals surface area contributed by atoms with Gasteiger partial charge in [0, 0.05) is 57.0 Å². The molecule has 1 aliphatic carbocycles. The second-order valence-electron chi connectivity index (χ2n) is 15.2. The summed E-state index contributed by atoms with van der Waals surface area (Å²) in [6.07, 6.45) is 3.54. The highest BCUT2D eigenvalue weighted by Crippen LogP contribution is 2.50. The first-order chi connectivity index (χ1) is 28.4. The van der Waals surface area contributed by atoms with E-state index in [1.807, 2.05) is 91.0 Å². The van der Waals surface area contributed by atoms with E-state index in [-0.39, 0.29) is 5.41 Å². The Hall–Kier alpha value is -7.57. The van der Waals surface area contributed by atoms with Crippen molar-refractivity contribution >= 4 is 27.9 Å². The number of hydrogen-bond donors (Lipinski definition) is 2. The first-order valence-corrected chi connectivity index (χ1v) is 19.5. The molecule has 7 aromatic carbocycles. The Labute approximate surface area is 337 Å². The van der Waals surface area contributed by atoms with Gasteiger partial charge in [0.15, 0.2) is 17.5 Å². The average molecular weight is 747 g/mol. The third kappa shape index (κ3) is 6.21. The molecule has 9 aromatic rings. The number of hydrogen-bond acceptors (Lipinski definition) is 6. The topological polar surface area (TPSA) is 87.4 Å². The van der Waals surface area contributed by atoms with Gasteiger partial charge in [-0.3, -0.25) is 10.4 Å². The quantitative estimate of drug-likeness (QED) is 0.151. The lowest BCUT2D eigenvalue weighted by molar-refractivity contribution is 0.661. The number of rotatable bonds is 8. The monoisotopic (exact) mass is 746 g/mol. The highest BCUT2D eigenvalue weighted by Gasteiger charge is 2.36. The van der Waals surface area contributed by atoms with Gasteiger partial charge in [0.25, 0.3) is 0 Å². The normalized spacial score (nSPS) is 12.5. The summed E-state index contributed by atoms with van der Waals surface area (Å²) in [4.78, 5) is 19.1. The van der Waals surface area contributed by atoms with Crippen LogP contribution in [0.15, 0.2) is 182 Å². The van der Waals surface area contributed by atoms with Crippen molar-refractivity contribution in [2.75, 3.05) is 5.32 Å². The number of nitrogens with zero attached hydrogens (tertiary/aromatic N) is 4. The maximum Gasteiger partial charge on any atom is 0.164 e. The zero-order valence-corrected chi connectivity index (χ0v) is 32.1. The predicted molar refractivity (Wildman–Crippen MR) is 237 cm³/mol. The first kappa shape index (κ1) is 34.9. The number of benzene rings is 7. The molecular formula is C52H38N6. The Morgan fingerprint density at radius 1 is 0.500 bits per heavy atom. The summed E-state index contributed by atoms with van der Waals surface area (Å²) in [5.41, 5.74) is 13.7. The number of fused-ring (bicyclic) bond motifs is 4. The maximum absolute atomic E-state index is 9.64. The SMILES string of the molecule is CC1(C)c2cc(-c3cccc(C(=N)c4c(Nc5ccncc5)ccc5ccccc45)c3)ccc2-c2ccc(-c3nc(-c4ccccc4)nc(-c4ccccc4)n3)cc21. The Morgan fingerprint density at radius 2 is 1.05 bits per heavy atom. The van der Waals surface area contributed by atoms with Gasteiger partial charge in [0.05, 0.1) is 5.71 Å². The molecule has 6 heteroatoms. The highest BCUT2D eigenvalue weighted by atomic mass is 15.0. The Kier molecular flexibility index (Phi) is 8.53. The lowest BCUT2D eigenvalue weighted by Gasteiger charge is -2.22. The third-order valence-corrected chi connectivity index (χ3v) is 11.3. The van der Waals surface area contributed by atoms with Gasteiger partial charge in [-0.05, 0) is 80.6 Å². The van der Waals surface area contributed by atoms with Crippen LogP contribution >= 0.6 is 0 Å². The molecular weight excluding hydrogens is 709 g/mol. The molecule has 0 radical (unpaired) electrons. The molecule has 0 fully saturated rings. The second-order valence-corrected chi connectivity index (χ2v) is 15.2. The second kappa shape index (κ2) is 14.2. The molecule has 0 aliphatic heterocycles. The van der Waals surface area contributed by atoms with Crippen LogP contribution < -0.4 is 5.32 Å². The lowest BCUT2D eigenvalue weighted by Crippen LogP contribution is -2.15. The van der Waals surface area contributed by atoms with Crippen LogP contribution in [0.3, 0.4) is 0 Å². The van der Waals surface area contributed by atoms with Crippen molar-refractivity contribution in [3.8, 4) is 56.4 Å². The van der Waals surface area contributed by atoms with Gasteiger partial charge >= 0.3 is 0 Å². The largest absolute Gasteiger partial charge is 0.355 e. The van der Waals surface area contributed by atoms with Crippen LogP contribution in [0.4, 0.5) is 11.4 Å². The summed E-state index contributed by atoms with van der Waals surface area (Å²) in [6, 6.07) is 58.3. The van der Waals surface area contributed by atoms with E-state index < -0.39 is 0 Å². The molecule has 0 saturated heterocycles. The highest BCUT2D eigenvalue weighted by molar-refractivity contribution is 6.21. The molecule has 10 rings (SSSR count). The van der Waals surface area contributed by atoms with E-state index in [0.717, 1.165) is 61.1 Å². The van der Waals surface area contributed by atoms with E-state index in [1.165, 1.54) is 22.3 Å². The van der Waals surface area contributed by atoms with E-state index >= 15 is 0 Å². The first-order valence-electron chi connectivity index (χ1n) is 19.5. The molecule has 276 valence electrons. The van der Waals surface area contributed by atoms with Crippen molar-refractivity contribution in [2.24, 2.45) is 0 Å². The fraction of sp³-hybridized carbons (Fsp3) is 0.0577. The molecule has 2 N–H and O–H groups in total. The Morgan fingerprint density at radius 3 is 1.72 bits per heavy atom. The molecule has 0 spiro atoms. The number of anilines is 2. The van der Waals surface area contributed by atoms with Crippen LogP contribution in [0.2, 0.25) is 0 Å². The number of aromatic nitrogens is 4. The van der Waals surface area contributed by atoms with E-state index in [0.29, 0.717) is 23.2 Å². The molecule has 2 heterocycles. The fourth-order valence-corrected chi connectivity index (χ4v) is 8.23. The maximum atomic E-state index is 9.64. The van der Waals surface area contributed by atoms with Gasteiger partial charge in [-0.1, -0.05) is 147 Å². The minimum Gasteiger partial charge on any atom is -0.355 e. The smallest absolute Gasteiger partial charge is 0.164 e. The third-order valence-electron chi connectivity index (χ3n) is 11.3. The summed E-state index contributed by atoms with van der Waals surface area (Å²) in [6.45, 7) is 4.60. The number of pyridine rings is 1. The molecule has 58 heavy (non-hydrogen) atoms. The van der Waals surface area contributed by atoms with Crippen LogP contribution in [0.1, 0.15) is 36.1 Å². The summed E-state index contributed by atoms with van der Waals surface area (Å²) in [5.74, 6) is 1.94. The zero-order valence-electron chi connectivity index (χ0n) is 32.1. The van der Waals surface area contributed by atoms with Crippen LogP contribution in [0.25, 0.3) is 67.2 Å². The van der Waals surface area contributed by atoms with Gasteiger partial charge in [-0.2, -0.15) is 0 Å². The Bertz CT molecular complexity index is 2950. The van der Waals surface area contributed by atoms with Crippen molar-refractivity contribution in [3.05, 3.63) is 205 Å². The summed E-state index contributed by atoms with van der Waals surface area (Å²) >= 11 is 0. The van der Waals surface area contributed by atoms with E-state index in [4.69, 9.17) is 15.0 Å². The summed E-state index contributed by atoms with van der Waals surface area (Å²) < 4.78 is 0. The molecule has 0 atom stereocenters. The molecule has 2 aromatic heterocycles. The average Bonchev–Trinajstić information content (AvgIpc) is 3.51. The minimum atomic E-state index is -0.283. The van der Waals surface area contributed by atoms with Crippen molar-refractivity contribution in [1.29, 1.82) is 5.41 Å². The predicted octanol–water partition coefficient (Wildman–Crippen LogP) is 12.6. The van der Waals surface area contributed by atoms with Crippen molar-refractivity contribution in [3.63, 3.8) is 0 Å². The van der Waals surface area contributed by atoms with Crippen molar-refractivity contribution < 1.29 is 0 Å². The van der Waals surface area contributed by atoms with Gasteiger partial charge in [-0.25, -0.2) is 15.0 Å². The van der Waals surface area contributed by atoms with Crippen LogP contribution in [0, 0.1) is 5.41 Å². The Balaban J connectivity index is 1.01. The number of nitrogens with one attached hydrogen (secondary N) is 2. The van der Waals surface area contributed by atoms with Crippen LogP contribution in [-0.2, 0) is 5.41 Å². The molecule has 0 bridgehead atoms. The minimum absolute atomic E-state index is 0.283. The fourth-order valence-electron chi connectivity index (χ4n) is 8.23. The van der Waals surface area contributed by atoms with E-state index in [9.17, 15) is 5.41 Å². The van der Waals surface area contributed by atoms with E-state index in [1.54, 1.807) is 12.4 Å².